The molecule has 0 saturated heterocycles. The van der Waals surface area contributed by atoms with Crippen LogP contribution in [-0.4, -0.2) is 19.6 Å². The summed E-state index contributed by atoms with van der Waals surface area (Å²) >= 11 is 17.8. The monoisotopic (exact) mass is 358 g/mol. The fourth-order valence-electron chi connectivity index (χ4n) is 1.73. The molecule has 0 heterocycles. The van der Waals surface area contributed by atoms with Crippen molar-refractivity contribution in [3.8, 4) is 5.75 Å². The summed E-state index contributed by atoms with van der Waals surface area (Å²) in [5, 5.41) is 6.64. The van der Waals surface area contributed by atoms with Crippen LogP contribution in [-0.2, 0) is 4.79 Å². The van der Waals surface area contributed by atoms with E-state index in [1.54, 1.807) is 13.2 Å². The molecule has 0 atom stereocenters. The van der Waals surface area contributed by atoms with Crippen molar-refractivity contribution in [2.45, 2.75) is 0 Å². The maximum Gasteiger partial charge on any atom is 0.243 e. The first-order chi connectivity index (χ1) is 10.5. The van der Waals surface area contributed by atoms with Gasteiger partial charge in [0.1, 0.15) is 5.75 Å². The normalized spacial score (nSPS) is 10.2. The van der Waals surface area contributed by atoms with Crippen molar-refractivity contribution in [3.63, 3.8) is 0 Å². The van der Waals surface area contributed by atoms with Gasteiger partial charge < -0.3 is 15.4 Å². The SMILES string of the molecule is COc1cccc(NCC(=O)Nc2cc(Cl)c(Cl)cc2Cl)c1. The van der Waals surface area contributed by atoms with Gasteiger partial charge in [0.05, 0.1) is 34.4 Å². The first kappa shape index (κ1) is 16.7. The Morgan fingerprint density at radius 3 is 2.55 bits per heavy atom. The molecule has 4 nitrogen and oxygen atoms in total. The molecule has 2 aromatic carbocycles. The number of amides is 1. The van der Waals surface area contributed by atoms with Crippen LogP contribution in [0.15, 0.2) is 36.4 Å². The van der Waals surface area contributed by atoms with Crippen molar-refractivity contribution in [1.82, 2.24) is 0 Å². The molecule has 116 valence electrons. The Labute approximate surface area is 143 Å². The number of halogens is 3. The molecule has 0 fully saturated rings. The van der Waals surface area contributed by atoms with Crippen LogP contribution in [0.5, 0.6) is 5.75 Å². The minimum Gasteiger partial charge on any atom is -0.497 e. The highest BCUT2D eigenvalue weighted by molar-refractivity contribution is 6.44. The summed E-state index contributed by atoms with van der Waals surface area (Å²) in [4.78, 5) is 11.9. The standard InChI is InChI=1S/C15H13Cl3N2O2/c1-22-10-4-2-3-9(5-10)19-8-15(21)20-14-7-12(17)11(16)6-13(14)18/h2-7,19H,8H2,1H3,(H,20,21). The number of hydrogen-bond donors (Lipinski definition) is 2. The van der Waals surface area contributed by atoms with E-state index in [0.717, 1.165) is 5.69 Å². The summed E-state index contributed by atoms with van der Waals surface area (Å²) < 4.78 is 5.11. The molecule has 2 aromatic rings. The smallest absolute Gasteiger partial charge is 0.243 e. The van der Waals surface area contributed by atoms with Gasteiger partial charge >= 0.3 is 0 Å². The molecular formula is C15H13Cl3N2O2. The Bertz CT molecular complexity index is 692. The zero-order valence-corrected chi connectivity index (χ0v) is 13.9. The summed E-state index contributed by atoms with van der Waals surface area (Å²) in [7, 11) is 1.58. The molecule has 0 aliphatic rings. The van der Waals surface area contributed by atoms with Crippen LogP contribution in [0.1, 0.15) is 0 Å². The predicted octanol–water partition coefficient (Wildman–Crippen LogP) is 4.71. The minimum absolute atomic E-state index is 0.0732. The first-order valence-electron chi connectivity index (χ1n) is 6.32. The van der Waals surface area contributed by atoms with Crippen molar-refractivity contribution in [3.05, 3.63) is 51.5 Å². The number of methoxy groups -OCH3 is 1. The number of anilines is 2. The molecule has 22 heavy (non-hydrogen) atoms. The number of hydrogen-bond acceptors (Lipinski definition) is 3. The van der Waals surface area contributed by atoms with Gasteiger partial charge in [-0.15, -0.1) is 0 Å². The molecule has 0 radical (unpaired) electrons. The van der Waals surface area contributed by atoms with E-state index >= 15 is 0 Å². The van der Waals surface area contributed by atoms with Gasteiger partial charge in [-0.25, -0.2) is 0 Å². The van der Waals surface area contributed by atoms with Crippen LogP contribution < -0.4 is 15.4 Å². The van der Waals surface area contributed by atoms with Gasteiger partial charge in [0.2, 0.25) is 5.91 Å². The maximum atomic E-state index is 11.9. The minimum atomic E-state index is -0.261. The fourth-order valence-corrected chi connectivity index (χ4v) is 2.32. The highest BCUT2D eigenvalue weighted by atomic mass is 35.5. The van der Waals surface area contributed by atoms with Gasteiger partial charge in [-0.05, 0) is 24.3 Å². The number of carbonyl (C=O) groups excluding carboxylic acids is 1. The van der Waals surface area contributed by atoms with Crippen molar-refractivity contribution in [2.75, 3.05) is 24.3 Å². The molecule has 0 bridgehead atoms. The number of carbonyl (C=O) groups is 1. The lowest BCUT2D eigenvalue weighted by molar-refractivity contribution is -0.114. The molecule has 2 N–H and O–H groups in total. The van der Waals surface area contributed by atoms with Crippen LogP contribution in [0.25, 0.3) is 0 Å². The van der Waals surface area contributed by atoms with Gasteiger partial charge in [0, 0.05) is 11.8 Å². The average Bonchev–Trinajstić information content (AvgIpc) is 2.51. The Morgan fingerprint density at radius 1 is 1.09 bits per heavy atom. The lowest BCUT2D eigenvalue weighted by atomic mass is 10.3. The highest BCUT2D eigenvalue weighted by Crippen LogP contribution is 2.32. The third kappa shape index (κ3) is 4.44. The van der Waals surface area contributed by atoms with Gasteiger partial charge in [0.15, 0.2) is 0 Å². The van der Waals surface area contributed by atoms with E-state index in [-0.39, 0.29) is 12.5 Å². The maximum absolute atomic E-state index is 11.9. The predicted molar refractivity (Wildman–Crippen MR) is 91.6 cm³/mol. The fraction of sp³-hybridized carbons (Fsp3) is 0.133. The quantitative estimate of drug-likeness (QED) is 0.760. The number of rotatable bonds is 5. The van der Waals surface area contributed by atoms with E-state index in [2.05, 4.69) is 10.6 Å². The Morgan fingerprint density at radius 2 is 1.82 bits per heavy atom. The van der Waals surface area contributed by atoms with E-state index in [9.17, 15) is 4.79 Å². The number of nitrogens with one attached hydrogen (secondary N) is 2. The highest BCUT2D eigenvalue weighted by Gasteiger charge is 2.09. The summed E-state index contributed by atoms with van der Waals surface area (Å²) in [6.45, 7) is 0.0732. The van der Waals surface area contributed by atoms with Crippen molar-refractivity contribution in [2.24, 2.45) is 0 Å². The second kappa shape index (κ2) is 7.58. The van der Waals surface area contributed by atoms with E-state index in [1.165, 1.54) is 12.1 Å². The topological polar surface area (TPSA) is 50.4 Å². The van der Waals surface area contributed by atoms with Crippen LogP contribution in [0.2, 0.25) is 15.1 Å². The van der Waals surface area contributed by atoms with E-state index in [1.807, 2.05) is 18.2 Å². The molecule has 0 aliphatic heterocycles. The molecule has 2 rings (SSSR count). The van der Waals surface area contributed by atoms with Gasteiger partial charge in [-0.3, -0.25) is 4.79 Å². The molecule has 0 aromatic heterocycles. The molecule has 7 heteroatoms. The molecule has 0 aliphatic carbocycles. The number of ether oxygens (including phenoxy) is 1. The zero-order chi connectivity index (χ0) is 16.1. The Kier molecular flexibility index (Phi) is 5.77. The van der Waals surface area contributed by atoms with Crippen molar-refractivity contribution >= 4 is 52.1 Å². The molecule has 0 spiro atoms. The second-order valence-electron chi connectivity index (χ2n) is 4.38. The van der Waals surface area contributed by atoms with Crippen LogP contribution in [0.4, 0.5) is 11.4 Å². The summed E-state index contributed by atoms with van der Waals surface area (Å²) in [5.74, 6) is 0.445. The third-order valence-corrected chi connectivity index (χ3v) is 3.84. The van der Waals surface area contributed by atoms with Crippen molar-refractivity contribution in [1.29, 1.82) is 0 Å². The summed E-state index contributed by atoms with van der Waals surface area (Å²) in [5.41, 5.74) is 1.18. The third-order valence-electron chi connectivity index (χ3n) is 2.81. The van der Waals surface area contributed by atoms with Gasteiger partial charge in [-0.1, -0.05) is 40.9 Å². The molecule has 1 amide bonds. The lowest BCUT2D eigenvalue weighted by Crippen LogP contribution is -2.21. The van der Waals surface area contributed by atoms with E-state index < -0.39 is 0 Å². The average molecular weight is 360 g/mol. The Hall–Kier alpha value is -1.62. The zero-order valence-electron chi connectivity index (χ0n) is 11.6. The first-order valence-corrected chi connectivity index (χ1v) is 7.45. The van der Waals surface area contributed by atoms with Crippen LogP contribution in [0, 0.1) is 0 Å². The lowest BCUT2D eigenvalue weighted by Gasteiger charge is -2.10. The van der Waals surface area contributed by atoms with Crippen molar-refractivity contribution < 1.29 is 9.53 Å². The molecule has 0 unspecified atom stereocenters. The largest absolute Gasteiger partial charge is 0.497 e. The molecule has 0 saturated carbocycles. The Balaban J connectivity index is 1.97. The molecular weight excluding hydrogens is 347 g/mol. The summed E-state index contributed by atoms with van der Waals surface area (Å²) in [6.07, 6.45) is 0. The van der Waals surface area contributed by atoms with Crippen LogP contribution in [0.3, 0.4) is 0 Å². The summed E-state index contributed by atoms with van der Waals surface area (Å²) in [6, 6.07) is 10.3. The van der Waals surface area contributed by atoms with E-state index in [0.29, 0.717) is 26.5 Å². The van der Waals surface area contributed by atoms with E-state index in [4.69, 9.17) is 39.5 Å². The number of benzene rings is 2. The van der Waals surface area contributed by atoms with Crippen LogP contribution >= 0.6 is 34.8 Å². The second-order valence-corrected chi connectivity index (χ2v) is 5.60. The van der Waals surface area contributed by atoms with Gasteiger partial charge in [-0.2, -0.15) is 0 Å². The van der Waals surface area contributed by atoms with Gasteiger partial charge in [0.25, 0.3) is 0 Å².